The molecule has 0 aromatic heterocycles. The molecular formula is C21H23N3O5. The van der Waals surface area contributed by atoms with Crippen molar-refractivity contribution in [1.29, 1.82) is 0 Å². The summed E-state index contributed by atoms with van der Waals surface area (Å²) in [6.07, 6.45) is 1.07. The van der Waals surface area contributed by atoms with Crippen LogP contribution in [0.25, 0.3) is 0 Å². The number of benzene rings is 2. The lowest BCUT2D eigenvalue weighted by Gasteiger charge is -2.36. The van der Waals surface area contributed by atoms with Gasteiger partial charge in [-0.05, 0) is 42.8 Å². The number of non-ortho nitro benzene ring substituents is 1. The van der Waals surface area contributed by atoms with Crippen molar-refractivity contribution in [3.63, 3.8) is 0 Å². The second kappa shape index (κ2) is 9.18. The van der Waals surface area contributed by atoms with Crippen LogP contribution in [0.3, 0.4) is 0 Å². The molecule has 0 spiro atoms. The number of nitrogens with zero attached hydrogens (tertiary/aromatic N) is 3. The van der Waals surface area contributed by atoms with Crippen LogP contribution in [0.1, 0.15) is 22.3 Å². The number of ether oxygens (including phenoxy) is 1. The maximum atomic E-state index is 12.4. The Kier molecular flexibility index (Phi) is 6.43. The second-order valence-electron chi connectivity index (χ2n) is 6.88. The average Bonchev–Trinajstić information content (AvgIpc) is 2.74. The van der Waals surface area contributed by atoms with E-state index in [0.717, 1.165) is 25.1 Å². The zero-order valence-electron chi connectivity index (χ0n) is 16.2. The van der Waals surface area contributed by atoms with Gasteiger partial charge in [0.1, 0.15) is 12.0 Å². The number of nitro benzene ring substituents is 1. The van der Waals surface area contributed by atoms with E-state index in [9.17, 15) is 19.7 Å². The minimum absolute atomic E-state index is 0.0181. The van der Waals surface area contributed by atoms with Gasteiger partial charge in [-0.2, -0.15) is 0 Å². The van der Waals surface area contributed by atoms with E-state index >= 15 is 0 Å². The smallest absolute Gasteiger partial charge is 0.269 e. The van der Waals surface area contributed by atoms with Gasteiger partial charge >= 0.3 is 0 Å². The van der Waals surface area contributed by atoms with Crippen molar-refractivity contribution in [2.75, 3.05) is 37.7 Å². The molecule has 1 aliphatic rings. The van der Waals surface area contributed by atoms with Crippen LogP contribution < -0.4 is 9.64 Å². The van der Waals surface area contributed by atoms with Gasteiger partial charge in [-0.15, -0.1) is 0 Å². The summed E-state index contributed by atoms with van der Waals surface area (Å²) in [5.74, 6) is 0.576. The van der Waals surface area contributed by atoms with Crippen molar-refractivity contribution >= 4 is 23.6 Å². The van der Waals surface area contributed by atoms with E-state index in [1.165, 1.54) is 12.1 Å². The van der Waals surface area contributed by atoms with Crippen molar-refractivity contribution in [2.45, 2.75) is 13.3 Å². The Balaban J connectivity index is 1.45. The third-order valence-corrected chi connectivity index (χ3v) is 4.97. The van der Waals surface area contributed by atoms with E-state index in [1.807, 2.05) is 17.0 Å². The molecule has 0 unspecified atom stereocenters. The minimum Gasteiger partial charge on any atom is -0.493 e. The summed E-state index contributed by atoms with van der Waals surface area (Å²) < 4.78 is 5.64. The average molecular weight is 397 g/mol. The molecule has 2 aromatic rings. The highest BCUT2D eigenvalue weighted by molar-refractivity contribution is 5.77. The lowest BCUT2D eigenvalue weighted by molar-refractivity contribution is -0.384. The van der Waals surface area contributed by atoms with Gasteiger partial charge in [0.25, 0.3) is 5.69 Å². The number of amides is 1. The summed E-state index contributed by atoms with van der Waals surface area (Å²) in [7, 11) is 0. The van der Waals surface area contributed by atoms with Crippen molar-refractivity contribution in [1.82, 2.24) is 4.90 Å². The van der Waals surface area contributed by atoms with Crippen molar-refractivity contribution in [2.24, 2.45) is 0 Å². The fraction of sp³-hybridized carbons (Fsp3) is 0.333. The Hall–Kier alpha value is -3.42. The fourth-order valence-electron chi connectivity index (χ4n) is 3.29. The molecule has 29 heavy (non-hydrogen) atoms. The van der Waals surface area contributed by atoms with Gasteiger partial charge in [0.15, 0.2) is 0 Å². The van der Waals surface area contributed by atoms with E-state index in [0.29, 0.717) is 30.0 Å². The molecule has 2 aromatic carbocycles. The Bertz CT molecular complexity index is 890. The standard InChI is InChI=1S/C21H23N3O5/c1-16-14-19(24(27)28)6-7-20(16)29-13-8-21(26)23-11-9-22(10-12-23)18-4-2-17(15-25)3-5-18/h2-7,14-15H,8-13H2,1H3. The predicted octanol–water partition coefficient (Wildman–Crippen LogP) is 2.83. The molecule has 1 aliphatic heterocycles. The molecule has 152 valence electrons. The molecule has 0 atom stereocenters. The first-order valence-corrected chi connectivity index (χ1v) is 9.44. The number of rotatable bonds is 7. The topological polar surface area (TPSA) is 93.0 Å². The minimum atomic E-state index is -0.448. The van der Waals surface area contributed by atoms with Gasteiger partial charge in [-0.1, -0.05) is 0 Å². The lowest BCUT2D eigenvalue weighted by Crippen LogP contribution is -2.49. The zero-order valence-corrected chi connectivity index (χ0v) is 16.2. The van der Waals surface area contributed by atoms with Crippen molar-refractivity contribution < 1.29 is 19.2 Å². The first kappa shape index (κ1) is 20.3. The summed E-state index contributed by atoms with van der Waals surface area (Å²) in [6, 6.07) is 11.8. The number of nitro groups is 1. The van der Waals surface area contributed by atoms with Crippen LogP contribution in [-0.4, -0.2) is 54.8 Å². The molecule has 1 saturated heterocycles. The van der Waals surface area contributed by atoms with E-state index in [4.69, 9.17) is 4.74 Å². The summed E-state index contributed by atoms with van der Waals surface area (Å²) in [6.45, 7) is 4.69. The van der Waals surface area contributed by atoms with Crippen molar-refractivity contribution in [3.05, 3.63) is 63.7 Å². The van der Waals surface area contributed by atoms with E-state index in [2.05, 4.69) is 4.90 Å². The van der Waals surface area contributed by atoms with Crippen LogP contribution in [0, 0.1) is 17.0 Å². The molecule has 0 radical (unpaired) electrons. The van der Waals surface area contributed by atoms with E-state index in [1.54, 1.807) is 25.1 Å². The maximum Gasteiger partial charge on any atom is 0.269 e. The molecule has 1 heterocycles. The number of piperazine rings is 1. The van der Waals surface area contributed by atoms with Crippen LogP contribution in [0.15, 0.2) is 42.5 Å². The number of anilines is 1. The van der Waals surface area contributed by atoms with Gasteiger partial charge in [0.2, 0.25) is 5.91 Å². The third kappa shape index (κ3) is 5.10. The SMILES string of the molecule is Cc1cc([N+](=O)[O-])ccc1OCCC(=O)N1CCN(c2ccc(C=O)cc2)CC1. The van der Waals surface area contributed by atoms with Gasteiger partial charge in [-0.3, -0.25) is 19.7 Å². The molecule has 0 N–H and O–H groups in total. The summed E-state index contributed by atoms with van der Waals surface area (Å²) in [5, 5.41) is 10.8. The summed E-state index contributed by atoms with van der Waals surface area (Å²) in [4.78, 5) is 37.5. The fourth-order valence-corrected chi connectivity index (χ4v) is 3.29. The highest BCUT2D eigenvalue weighted by atomic mass is 16.6. The molecule has 3 rings (SSSR count). The van der Waals surface area contributed by atoms with E-state index in [-0.39, 0.29) is 24.6 Å². The van der Waals surface area contributed by atoms with Gasteiger partial charge in [-0.25, -0.2) is 0 Å². The van der Waals surface area contributed by atoms with Crippen LogP contribution in [0.2, 0.25) is 0 Å². The predicted molar refractivity (Wildman–Crippen MR) is 109 cm³/mol. The first-order valence-electron chi connectivity index (χ1n) is 9.44. The highest BCUT2D eigenvalue weighted by Gasteiger charge is 2.21. The Labute approximate surface area is 168 Å². The van der Waals surface area contributed by atoms with Crippen LogP contribution in [-0.2, 0) is 4.79 Å². The normalized spacial score (nSPS) is 13.8. The highest BCUT2D eigenvalue weighted by Crippen LogP contribution is 2.23. The van der Waals surface area contributed by atoms with Crippen LogP contribution in [0.5, 0.6) is 5.75 Å². The monoisotopic (exact) mass is 397 g/mol. The molecule has 1 fully saturated rings. The second-order valence-corrected chi connectivity index (χ2v) is 6.88. The number of hydrogen-bond acceptors (Lipinski definition) is 6. The third-order valence-electron chi connectivity index (χ3n) is 4.97. The number of hydrogen-bond donors (Lipinski definition) is 0. The number of carbonyl (C=O) groups excluding carboxylic acids is 2. The van der Waals surface area contributed by atoms with E-state index < -0.39 is 4.92 Å². The Morgan fingerprint density at radius 3 is 2.41 bits per heavy atom. The van der Waals surface area contributed by atoms with Gasteiger partial charge < -0.3 is 14.5 Å². The lowest BCUT2D eigenvalue weighted by atomic mass is 10.2. The van der Waals surface area contributed by atoms with Crippen molar-refractivity contribution in [3.8, 4) is 5.75 Å². The maximum absolute atomic E-state index is 12.4. The first-order chi connectivity index (χ1) is 14.0. The van der Waals surface area contributed by atoms with Crippen LogP contribution >= 0.6 is 0 Å². The molecule has 0 saturated carbocycles. The zero-order chi connectivity index (χ0) is 20.8. The summed E-state index contributed by atoms with van der Waals surface area (Å²) >= 11 is 0. The molecule has 0 bridgehead atoms. The molecule has 1 amide bonds. The number of aryl methyl sites for hydroxylation is 1. The largest absolute Gasteiger partial charge is 0.493 e. The molecule has 8 nitrogen and oxygen atoms in total. The van der Waals surface area contributed by atoms with Gasteiger partial charge in [0, 0.05) is 49.6 Å². The van der Waals surface area contributed by atoms with Gasteiger partial charge in [0.05, 0.1) is 18.0 Å². The number of carbonyl (C=O) groups is 2. The van der Waals surface area contributed by atoms with Crippen LogP contribution in [0.4, 0.5) is 11.4 Å². The molecule has 0 aliphatic carbocycles. The summed E-state index contributed by atoms with van der Waals surface area (Å²) in [5.41, 5.74) is 2.37. The molecular weight excluding hydrogens is 374 g/mol. The Morgan fingerprint density at radius 2 is 1.83 bits per heavy atom. The number of aldehydes is 1. The quantitative estimate of drug-likeness (QED) is 0.405. The Morgan fingerprint density at radius 1 is 1.14 bits per heavy atom. The molecule has 8 heteroatoms.